The van der Waals surface area contributed by atoms with Crippen molar-refractivity contribution in [2.75, 3.05) is 0 Å². The second-order valence-corrected chi connectivity index (χ2v) is 16.2. The molecule has 0 aliphatic rings. The Morgan fingerprint density at radius 3 is 1.43 bits per heavy atom. The predicted molar refractivity (Wildman–Crippen MR) is 261 cm³/mol. The van der Waals surface area contributed by atoms with E-state index in [1.807, 2.05) is 0 Å². The van der Waals surface area contributed by atoms with Crippen LogP contribution in [0.5, 0.6) is 0 Å². The summed E-state index contributed by atoms with van der Waals surface area (Å²) in [5, 5.41) is 5.99. The summed E-state index contributed by atoms with van der Waals surface area (Å²) in [5.41, 5.74) is 16.2. The molecule has 13 aromatic rings. The average molecular weight is 804 g/mol. The molecule has 0 unspecified atom stereocenters. The lowest BCUT2D eigenvalue weighted by atomic mass is 10.00. The van der Waals surface area contributed by atoms with Crippen molar-refractivity contribution in [2.24, 2.45) is 0 Å². The summed E-state index contributed by atoms with van der Waals surface area (Å²) in [6, 6.07) is 80.2. The first-order valence-electron chi connectivity index (χ1n) is 21.4. The van der Waals surface area contributed by atoms with Crippen LogP contribution in [-0.2, 0) is 0 Å². The van der Waals surface area contributed by atoms with E-state index in [9.17, 15) is 0 Å². The average Bonchev–Trinajstić information content (AvgIpc) is 4.00. The van der Waals surface area contributed by atoms with Crippen LogP contribution in [0.1, 0.15) is 0 Å². The fourth-order valence-corrected chi connectivity index (χ4v) is 9.84. The lowest BCUT2D eigenvalue weighted by Crippen LogP contribution is -1.99. The molecule has 0 aliphatic carbocycles. The van der Waals surface area contributed by atoms with E-state index >= 15 is 0 Å². The van der Waals surface area contributed by atoms with Crippen molar-refractivity contribution in [2.45, 2.75) is 0 Å². The zero-order chi connectivity index (χ0) is 41.4. The van der Waals surface area contributed by atoms with Crippen LogP contribution in [0.15, 0.2) is 224 Å². The Morgan fingerprint density at radius 2 is 0.746 bits per heavy atom. The molecule has 9 aromatic carbocycles. The van der Waals surface area contributed by atoms with E-state index in [0.29, 0.717) is 5.82 Å². The molecule has 294 valence electrons. The minimum absolute atomic E-state index is 0.691. The van der Waals surface area contributed by atoms with Crippen LogP contribution in [0.4, 0.5) is 0 Å². The Labute approximate surface area is 363 Å². The van der Waals surface area contributed by atoms with Crippen molar-refractivity contribution in [3.8, 4) is 50.8 Å². The topological polar surface area (TPSA) is 40.6 Å². The maximum atomic E-state index is 5.42. The van der Waals surface area contributed by atoms with Crippen LogP contribution in [0.25, 0.3) is 116 Å². The largest absolute Gasteiger partial charge is 0.309 e. The molecule has 13 rings (SSSR count). The van der Waals surface area contributed by atoms with E-state index in [1.54, 1.807) is 0 Å². The summed E-state index contributed by atoms with van der Waals surface area (Å²) >= 11 is 0. The SMILES string of the molecule is c1ccc(-c2nc(-c3cccc(-c4ccc5c(c4)c4cc(-n6c7ccccc7c7ccccc76)ccc4n5-c4ccccc4)c3)nc3c4ccccc4n(-c4ccccc4)c23)cc1. The van der Waals surface area contributed by atoms with Crippen molar-refractivity contribution in [1.29, 1.82) is 0 Å². The van der Waals surface area contributed by atoms with Crippen molar-refractivity contribution in [1.82, 2.24) is 23.7 Å². The molecule has 0 spiro atoms. The highest BCUT2D eigenvalue weighted by atomic mass is 15.0. The zero-order valence-corrected chi connectivity index (χ0v) is 34.1. The van der Waals surface area contributed by atoms with Crippen LogP contribution in [-0.4, -0.2) is 23.7 Å². The maximum Gasteiger partial charge on any atom is 0.160 e. The summed E-state index contributed by atoms with van der Waals surface area (Å²) in [4.78, 5) is 10.8. The lowest BCUT2D eigenvalue weighted by molar-refractivity contribution is 1.15. The molecular weight excluding hydrogens is 767 g/mol. The number of hydrogen-bond donors (Lipinski definition) is 0. The highest BCUT2D eigenvalue weighted by molar-refractivity contribution is 6.14. The third kappa shape index (κ3) is 5.50. The van der Waals surface area contributed by atoms with Crippen molar-refractivity contribution < 1.29 is 0 Å². The zero-order valence-electron chi connectivity index (χ0n) is 34.1. The molecule has 0 atom stereocenters. The molecule has 0 fully saturated rings. The highest BCUT2D eigenvalue weighted by Crippen LogP contribution is 2.41. The van der Waals surface area contributed by atoms with Gasteiger partial charge in [-0.3, -0.25) is 0 Å². The van der Waals surface area contributed by atoms with Gasteiger partial charge in [-0.05, 0) is 90.0 Å². The number of nitrogens with zero attached hydrogens (tertiary/aromatic N) is 5. The summed E-state index contributed by atoms with van der Waals surface area (Å²) in [6.07, 6.45) is 0. The second-order valence-electron chi connectivity index (χ2n) is 16.2. The van der Waals surface area contributed by atoms with E-state index in [2.05, 4.69) is 238 Å². The van der Waals surface area contributed by atoms with Crippen molar-refractivity contribution >= 4 is 65.5 Å². The van der Waals surface area contributed by atoms with Gasteiger partial charge in [0.15, 0.2) is 5.82 Å². The quantitative estimate of drug-likeness (QED) is 0.168. The third-order valence-electron chi connectivity index (χ3n) is 12.6. The standard InChI is InChI=1S/C58H37N5/c1-4-17-38(18-5-1)55-57-56(47-27-12-15-30-52(47)63(57)43-23-8-3-9-24-43)60-58(59-55)41-20-16-19-39(35-41)40-31-33-53-48(36-40)49-37-44(32-34-54(49)61(53)42-21-6-2-7-22-42)62-50-28-13-10-25-45(50)46-26-11-14-29-51(46)62/h1-37H. The summed E-state index contributed by atoms with van der Waals surface area (Å²) < 4.78 is 7.10. The molecule has 0 saturated heterocycles. The van der Waals surface area contributed by atoms with Crippen LogP contribution >= 0.6 is 0 Å². The Bertz CT molecular complexity index is 3840. The predicted octanol–water partition coefficient (Wildman–Crippen LogP) is 14.8. The molecule has 5 heteroatoms. The molecule has 0 radical (unpaired) electrons. The molecule has 5 nitrogen and oxygen atoms in total. The normalized spacial score (nSPS) is 11.8. The van der Waals surface area contributed by atoms with Crippen LogP contribution < -0.4 is 0 Å². The molecular formula is C58H37N5. The van der Waals surface area contributed by atoms with E-state index in [0.717, 1.165) is 78.0 Å². The maximum absolute atomic E-state index is 5.42. The van der Waals surface area contributed by atoms with Gasteiger partial charge in [-0.2, -0.15) is 0 Å². The van der Waals surface area contributed by atoms with E-state index in [-0.39, 0.29) is 0 Å². The van der Waals surface area contributed by atoms with Gasteiger partial charge in [0, 0.05) is 55.1 Å². The van der Waals surface area contributed by atoms with Gasteiger partial charge in [0.2, 0.25) is 0 Å². The Hall–Kier alpha value is -8.54. The van der Waals surface area contributed by atoms with Gasteiger partial charge in [0.25, 0.3) is 0 Å². The number of aromatic nitrogens is 5. The third-order valence-corrected chi connectivity index (χ3v) is 12.6. The number of hydrogen-bond acceptors (Lipinski definition) is 2. The number of rotatable bonds is 6. The minimum atomic E-state index is 0.691. The molecule has 4 heterocycles. The first-order chi connectivity index (χ1) is 31.3. The fraction of sp³-hybridized carbons (Fsp3) is 0. The van der Waals surface area contributed by atoms with Crippen molar-refractivity contribution in [3.63, 3.8) is 0 Å². The molecule has 0 saturated carbocycles. The lowest BCUT2D eigenvalue weighted by Gasteiger charge is -2.12. The van der Waals surface area contributed by atoms with Crippen molar-refractivity contribution in [3.05, 3.63) is 224 Å². The number of fused-ring (bicyclic) bond motifs is 9. The first kappa shape index (κ1) is 35.2. The summed E-state index contributed by atoms with van der Waals surface area (Å²) in [7, 11) is 0. The van der Waals surface area contributed by atoms with Crippen LogP contribution in [0, 0.1) is 0 Å². The van der Waals surface area contributed by atoms with Gasteiger partial charge in [-0.1, -0.05) is 146 Å². The van der Waals surface area contributed by atoms with Gasteiger partial charge in [-0.15, -0.1) is 0 Å². The summed E-state index contributed by atoms with van der Waals surface area (Å²) in [6.45, 7) is 0. The first-order valence-corrected chi connectivity index (χ1v) is 21.4. The second kappa shape index (κ2) is 14.0. The Balaban J connectivity index is 1.01. The van der Waals surface area contributed by atoms with Gasteiger partial charge in [-0.25, -0.2) is 9.97 Å². The minimum Gasteiger partial charge on any atom is -0.309 e. The Morgan fingerprint density at radius 1 is 0.270 bits per heavy atom. The monoisotopic (exact) mass is 803 g/mol. The molecule has 0 N–H and O–H groups in total. The molecule has 0 bridgehead atoms. The van der Waals surface area contributed by atoms with Gasteiger partial charge in [0.1, 0.15) is 5.52 Å². The Kier molecular flexibility index (Phi) is 7.84. The smallest absolute Gasteiger partial charge is 0.160 e. The van der Waals surface area contributed by atoms with Crippen LogP contribution in [0.3, 0.4) is 0 Å². The molecule has 0 amide bonds. The van der Waals surface area contributed by atoms with E-state index in [4.69, 9.17) is 9.97 Å². The number of benzene rings is 9. The fourth-order valence-electron chi connectivity index (χ4n) is 9.84. The van der Waals surface area contributed by atoms with Gasteiger partial charge in [0.05, 0.1) is 38.8 Å². The summed E-state index contributed by atoms with van der Waals surface area (Å²) in [5.74, 6) is 0.691. The van der Waals surface area contributed by atoms with E-state index in [1.165, 1.54) is 32.6 Å². The molecule has 4 aromatic heterocycles. The molecule has 0 aliphatic heterocycles. The van der Waals surface area contributed by atoms with Gasteiger partial charge < -0.3 is 13.7 Å². The van der Waals surface area contributed by atoms with Gasteiger partial charge >= 0.3 is 0 Å². The number of para-hydroxylation sites is 5. The molecule has 63 heavy (non-hydrogen) atoms. The van der Waals surface area contributed by atoms with E-state index < -0.39 is 0 Å². The van der Waals surface area contributed by atoms with Crippen LogP contribution in [0.2, 0.25) is 0 Å². The highest BCUT2D eigenvalue weighted by Gasteiger charge is 2.22.